The van der Waals surface area contributed by atoms with Gasteiger partial charge < -0.3 is 19.8 Å². The number of fused-ring (bicyclic) bond motifs is 1. The molecule has 6 heteroatoms. The van der Waals surface area contributed by atoms with Gasteiger partial charge in [0.05, 0.1) is 5.60 Å². The fourth-order valence-electron chi connectivity index (χ4n) is 3.87. The monoisotopic (exact) mass is 334 g/mol. The summed E-state index contributed by atoms with van der Waals surface area (Å²) >= 11 is 0. The van der Waals surface area contributed by atoms with Gasteiger partial charge >= 0.3 is 5.97 Å². The molecule has 2 atom stereocenters. The highest BCUT2D eigenvalue weighted by Crippen LogP contribution is 2.35. The first kappa shape index (κ1) is 17.2. The molecule has 0 bridgehead atoms. The van der Waals surface area contributed by atoms with Crippen LogP contribution in [0.3, 0.4) is 0 Å². The molecule has 0 saturated carbocycles. The number of piperidine rings is 1. The van der Waals surface area contributed by atoms with Gasteiger partial charge in [-0.15, -0.1) is 0 Å². The minimum Gasteiger partial charge on any atom is -0.478 e. The Labute approximate surface area is 142 Å². The number of hydrogen-bond donors (Lipinski definition) is 2. The van der Waals surface area contributed by atoms with Crippen LogP contribution in [0.15, 0.2) is 6.07 Å². The molecule has 0 amide bonds. The molecule has 1 aliphatic carbocycles. The van der Waals surface area contributed by atoms with Gasteiger partial charge in [0.1, 0.15) is 11.4 Å². The highest BCUT2D eigenvalue weighted by molar-refractivity contribution is 5.93. The first-order valence-corrected chi connectivity index (χ1v) is 8.67. The van der Waals surface area contributed by atoms with E-state index in [2.05, 4.69) is 4.98 Å². The Morgan fingerprint density at radius 2 is 2.29 bits per heavy atom. The van der Waals surface area contributed by atoms with Crippen LogP contribution in [0.2, 0.25) is 0 Å². The largest absolute Gasteiger partial charge is 0.478 e. The van der Waals surface area contributed by atoms with Gasteiger partial charge in [-0.25, -0.2) is 9.78 Å². The van der Waals surface area contributed by atoms with Crippen molar-refractivity contribution in [3.63, 3.8) is 0 Å². The fourth-order valence-corrected chi connectivity index (χ4v) is 3.87. The van der Waals surface area contributed by atoms with Crippen molar-refractivity contribution in [2.45, 2.75) is 44.6 Å². The molecule has 1 fully saturated rings. The van der Waals surface area contributed by atoms with E-state index < -0.39 is 11.6 Å². The van der Waals surface area contributed by atoms with E-state index in [9.17, 15) is 15.0 Å². The van der Waals surface area contributed by atoms with E-state index in [1.807, 2.05) is 11.8 Å². The van der Waals surface area contributed by atoms with Gasteiger partial charge in [-0.05, 0) is 43.7 Å². The number of aliphatic hydroxyl groups is 1. The van der Waals surface area contributed by atoms with Gasteiger partial charge in [0.25, 0.3) is 0 Å². The van der Waals surface area contributed by atoms with Crippen LogP contribution in [0, 0.1) is 5.92 Å². The first-order chi connectivity index (χ1) is 11.4. The SMILES string of the molecule is COCC[C@@]1(O)CCN(c2nc3c(cc2C(=O)O)CCC3)C[C@@H]1C. The zero-order valence-corrected chi connectivity index (χ0v) is 14.4. The highest BCUT2D eigenvalue weighted by Gasteiger charge is 2.39. The highest BCUT2D eigenvalue weighted by atomic mass is 16.5. The van der Waals surface area contributed by atoms with Gasteiger partial charge in [-0.3, -0.25) is 0 Å². The van der Waals surface area contributed by atoms with Crippen LogP contribution >= 0.6 is 0 Å². The molecule has 0 spiro atoms. The molecule has 0 unspecified atom stereocenters. The Balaban J connectivity index is 1.84. The Morgan fingerprint density at radius 3 is 2.96 bits per heavy atom. The molecule has 1 aromatic heterocycles. The number of hydrogen-bond acceptors (Lipinski definition) is 5. The molecule has 3 rings (SSSR count). The summed E-state index contributed by atoms with van der Waals surface area (Å²) in [6.07, 6.45) is 4.06. The van der Waals surface area contributed by atoms with E-state index in [1.165, 1.54) is 0 Å². The lowest BCUT2D eigenvalue weighted by Crippen LogP contribution is -2.52. The first-order valence-electron chi connectivity index (χ1n) is 8.67. The number of carboxylic acid groups (broad SMARTS) is 1. The second kappa shape index (κ2) is 6.69. The molecule has 1 aliphatic heterocycles. The summed E-state index contributed by atoms with van der Waals surface area (Å²) in [5.41, 5.74) is 1.62. The smallest absolute Gasteiger partial charge is 0.339 e. The number of aromatic carboxylic acids is 1. The Bertz CT molecular complexity index is 634. The number of pyridine rings is 1. The van der Waals surface area contributed by atoms with Crippen LogP contribution in [-0.4, -0.2) is 53.6 Å². The van der Waals surface area contributed by atoms with E-state index >= 15 is 0 Å². The van der Waals surface area contributed by atoms with Crippen LogP contribution in [0.1, 0.15) is 47.8 Å². The number of carbonyl (C=O) groups is 1. The van der Waals surface area contributed by atoms with Crippen molar-refractivity contribution in [1.29, 1.82) is 0 Å². The molecular weight excluding hydrogens is 308 g/mol. The van der Waals surface area contributed by atoms with Gasteiger partial charge in [0.15, 0.2) is 0 Å². The number of methoxy groups -OCH3 is 1. The van der Waals surface area contributed by atoms with E-state index in [0.29, 0.717) is 38.4 Å². The van der Waals surface area contributed by atoms with Crippen LogP contribution < -0.4 is 4.90 Å². The van der Waals surface area contributed by atoms with Crippen LogP contribution in [0.5, 0.6) is 0 Å². The maximum Gasteiger partial charge on any atom is 0.339 e. The molecule has 24 heavy (non-hydrogen) atoms. The summed E-state index contributed by atoms with van der Waals surface area (Å²) < 4.78 is 5.11. The van der Waals surface area contributed by atoms with E-state index in [0.717, 1.165) is 30.5 Å². The number of anilines is 1. The third-order valence-corrected chi connectivity index (χ3v) is 5.53. The summed E-state index contributed by atoms with van der Waals surface area (Å²) in [6.45, 7) is 3.75. The number of nitrogens with zero attached hydrogens (tertiary/aromatic N) is 2. The van der Waals surface area contributed by atoms with E-state index in [-0.39, 0.29) is 11.5 Å². The van der Waals surface area contributed by atoms with Crippen LogP contribution in [0.4, 0.5) is 5.82 Å². The van der Waals surface area contributed by atoms with Crippen molar-refractivity contribution in [2.75, 3.05) is 31.7 Å². The van der Waals surface area contributed by atoms with Gasteiger partial charge in [0, 0.05) is 38.4 Å². The zero-order valence-electron chi connectivity index (χ0n) is 14.4. The maximum atomic E-state index is 11.7. The predicted octanol–water partition coefficient (Wildman–Crippen LogP) is 1.88. The Hall–Kier alpha value is -1.66. The molecule has 6 nitrogen and oxygen atoms in total. The molecular formula is C18H26N2O4. The van der Waals surface area contributed by atoms with Crippen molar-refractivity contribution in [3.8, 4) is 0 Å². The lowest BCUT2D eigenvalue weighted by Gasteiger charge is -2.44. The van der Waals surface area contributed by atoms with E-state index in [4.69, 9.17) is 4.74 Å². The van der Waals surface area contributed by atoms with Crippen LogP contribution in [0.25, 0.3) is 0 Å². The molecule has 132 valence electrons. The second-order valence-electron chi connectivity index (χ2n) is 7.07. The Morgan fingerprint density at radius 1 is 1.50 bits per heavy atom. The molecule has 2 aliphatic rings. The molecule has 0 aromatic carbocycles. The topological polar surface area (TPSA) is 82.9 Å². The number of rotatable bonds is 5. The minimum absolute atomic E-state index is 0.0260. The predicted molar refractivity (Wildman–Crippen MR) is 90.7 cm³/mol. The molecule has 1 aromatic rings. The average Bonchev–Trinajstić information content (AvgIpc) is 3.02. The van der Waals surface area contributed by atoms with E-state index in [1.54, 1.807) is 13.2 Å². The fraction of sp³-hybridized carbons (Fsp3) is 0.667. The molecule has 0 radical (unpaired) electrons. The third-order valence-electron chi connectivity index (χ3n) is 5.53. The van der Waals surface area contributed by atoms with Crippen molar-refractivity contribution < 1.29 is 19.7 Å². The van der Waals surface area contributed by atoms with Gasteiger partial charge in [-0.2, -0.15) is 0 Å². The van der Waals surface area contributed by atoms with Crippen molar-refractivity contribution >= 4 is 11.8 Å². The summed E-state index contributed by atoms with van der Waals surface area (Å²) in [4.78, 5) is 18.4. The standard InChI is InChI=1S/C18H26N2O4/c1-12-11-20(8-6-18(12,23)7-9-24-2)16-14(17(21)22)10-13-4-3-5-15(13)19-16/h10,12,23H,3-9,11H2,1-2H3,(H,21,22)/t12-,18-/m0/s1. The Kier molecular flexibility index (Phi) is 4.78. The second-order valence-corrected chi connectivity index (χ2v) is 7.07. The lowest BCUT2D eigenvalue weighted by molar-refractivity contribution is -0.0489. The quantitative estimate of drug-likeness (QED) is 0.855. The van der Waals surface area contributed by atoms with Gasteiger partial charge in [0.2, 0.25) is 0 Å². The summed E-state index contributed by atoms with van der Waals surface area (Å²) in [5, 5.41) is 20.4. The number of carboxylic acids is 1. The van der Waals surface area contributed by atoms with Crippen molar-refractivity contribution in [1.82, 2.24) is 4.98 Å². The molecule has 2 heterocycles. The normalized spacial score (nSPS) is 26.5. The third kappa shape index (κ3) is 3.13. The van der Waals surface area contributed by atoms with Crippen LogP contribution in [-0.2, 0) is 17.6 Å². The zero-order chi connectivity index (χ0) is 17.3. The minimum atomic E-state index is -0.930. The molecule has 1 saturated heterocycles. The lowest BCUT2D eigenvalue weighted by atomic mass is 9.80. The van der Waals surface area contributed by atoms with Crippen molar-refractivity contribution in [2.24, 2.45) is 5.92 Å². The number of ether oxygens (including phenoxy) is 1. The number of aromatic nitrogens is 1. The van der Waals surface area contributed by atoms with Gasteiger partial charge in [-0.1, -0.05) is 6.92 Å². The molecule has 2 N–H and O–H groups in total. The summed E-state index contributed by atoms with van der Waals surface area (Å²) in [5.74, 6) is -0.345. The van der Waals surface area contributed by atoms with Crippen molar-refractivity contribution in [3.05, 3.63) is 22.9 Å². The maximum absolute atomic E-state index is 11.7. The summed E-state index contributed by atoms with van der Waals surface area (Å²) in [7, 11) is 1.64. The number of aryl methyl sites for hydroxylation is 2. The average molecular weight is 334 g/mol. The summed E-state index contributed by atoms with van der Waals surface area (Å²) in [6, 6.07) is 1.80.